The van der Waals surface area contributed by atoms with Gasteiger partial charge in [0.1, 0.15) is 0 Å². The number of benzene rings is 2. The summed E-state index contributed by atoms with van der Waals surface area (Å²) in [5.41, 5.74) is 3.41. The first-order valence-corrected chi connectivity index (χ1v) is 10.3. The molecule has 1 fully saturated rings. The number of hydrogen-bond acceptors (Lipinski definition) is 3. The summed E-state index contributed by atoms with van der Waals surface area (Å²) < 4.78 is 0. The van der Waals surface area contributed by atoms with Crippen molar-refractivity contribution in [2.45, 2.75) is 13.3 Å². The molecule has 2 aromatic carbocycles. The van der Waals surface area contributed by atoms with Gasteiger partial charge in [0.2, 0.25) is 0 Å². The first-order valence-electron chi connectivity index (χ1n) is 9.51. The van der Waals surface area contributed by atoms with Gasteiger partial charge in [-0.05, 0) is 48.9 Å². The number of halogens is 1. The minimum absolute atomic E-state index is 0.627. The highest BCUT2D eigenvalue weighted by Gasteiger charge is 2.18. The van der Waals surface area contributed by atoms with Crippen molar-refractivity contribution in [3.63, 3.8) is 0 Å². The van der Waals surface area contributed by atoms with Crippen molar-refractivity contribution in [1.82, 2.24) is 10.2 Å². The molecule has 1 aliphatic heterocycles. The topological polar surface area (TPSA) is 30.5 Å². The van der Waals surface area contributed by atoms with Crippen LogP contribution >= 0.6 is 23.8 Å². The molecular weight excluding hydrogens is 376 g/mol. The van der Waals surface area contributed by atoms with Crippen molar-refractivity contribution in [2.24, 2.45) is 0 Å². The first kappa shape index (κ1) is 19.9. The summed E-state index contributed by atoms with van der Waals surface area (Å²) in [6.45, 7) is 8.30. The van der Waals surface area contributed by atoms with Gasteiger partial charge in [-0.15, -0.1) is 0 Å². The Morgan fingerprint density at radius 2 is 1.81 bits per heavy atom. The predicted molar refractivity (Wildman–Crippen MR) is 120 cm³/mol. The normalized spacial score (nSPS) is 14.8. The molecule has 0 saturated carbocycles. The smallest absolute Gasteiger partial charge is 0.170 e. The highest BCUT2D eigenvalue weighted by molar-refractivity contribution is 7.80. The molecule has 2 N–H and O–H groups in total. The van der Waals surface area contributed by atoms with Crippen LogP contribution in [-0.2, 0) is 6.42 Å². The van der Waals surface area contributed by atoms with Gasteiger partial charge in [0.25, 0.3) is 0 Å². The molecule has 0 spiro atoms. The molecule has 1 saturated heterocycles. The third kappa shape index (κ3) is 5.83. The van der Waals surface area contributed by atoms with Gasteiger partial charge in [-0.3, -0.25) is 0 Å². The van der Waals surface area contributed by atoms with E-state index in [1.54, 1.807) is 0 Å². The predicted octanol–water partition coefficient (Wildman–Crippen LogP) is 4.01. The van der Waals surface area contributed by atoms with E-state index in [4.69, 9.17) is 23.8 Å². The third-order valence-electron chi connectivity index (χ3n) is 4.91. The Bertz CT molecular complexity index is 745. The van der Waals surface area contributed by atoms with Crippen LogP contribution in [0.2, 0.25) is 5.02 Å². The van der Waals surface area contributed by atoms with Crippen LogP contribution in [0.15, 0.2) is 48.5 Å². The molecule has 3 rings (SSSR count). The van der Waals surface area contributed by atoms with Gasteiger partial charge in [0.05, 0.1) is 11.4 Å². The number of likely N-dealkylation sites (N-methyl/N-ethyl adjacent to an activating group) is 1. The second-order valence-corrected chi connectivity index (χ2v) is 7.54. The summed E-state index contributed by atoms with van der Waals surface area (Å²) in [7, 11) is 0. The van der Waals surface area contributed by atoms with E-state index < -0.39 is 0 Å². The van der Waals surface area contributed by atoms with Gasteiger partial charge >= 0.3 is 0 Å². The van der Waals surface area contributed by atoms with Gasteiger partial charge < -0.3 is 20.4 Å². The van der Waals surface area contributed by atoms with Crippen molar-refractivity contribution in [3.05, 3.63) is 59.1 Å². The van der Waals surface area contributed by atoms with Crippen molar-refractivity contribution < 1.29 is 0 Å². The van der Waals surface area contributed by atoms with Crippen molar-refractivity contribution in [2.75, 3.05) is 49.5 Å². The lowest BCUT2D eigenvalue weighted by molar-refractivity contribution is 0.271. The van der Waals surface area contributed by atoms with Gasteiger partial charge in [-0.1, -0.05) is 48.9 Å². The van der Waals surface area contributed by atoms with Gasteiger partial charge in [0.15, 0.2) is 5.11 Å². The molecule has 1 heterocycles. The van der Waals surface area contributed by atoms with Crippen LogP contribution in [0.3, 0.4) is 0 Å². The molecule has 0 atom stereocenters. The zero-order valence-corrected chi connectivity index (χ0v) is 17.3. The maximum Gasteiger partial charge on any atom is 0.170 e. The molecule has 6 heteroatoms. The quantitative estimate of drug-likeness (QED) is 0.713. The molecule has 2 aromatic rings. The van der Waals surface area contributed by atoms with Crippen LogP contribution in [0.1, 0.15) is 12.5 Å². The number of rotatable bonds is 6. The van der Waals surface area contributed by atoms with Crippen molar-refractivity contribution in [3.8, 4) is 0 Å². The van der Waals surface area contributed by atoms with E-state index in [0.29, 0.717) is 10.1 Å². The SMILES string of the molecule is CCN1CCN(c2ccc(Cl)cc2NC(=S)NCCc2ccccc2)CC1. The summed E-state index contributed by atoms with van der Waals surface area (Å²) in [6, 6.07) is 16.4. The van der Waals surface area contributed by atoms with Crippen LogP contribution in [0.4, 0.5) is 11.4 Å². The third-order valence-corrected chi connectivity index (χ3v) is 5.39. The monoisotopic (exact) mass is 402 g/mol. The highest BCUT2D eigenvalue weighted by Crippen LogP contribution is 2.30. The molecule has 27 heavy (non-hydrogen) atoms. The Labute approximate surface area is 172 Å². The number of nitrogens with one attached hydrogen (secondary N) is 2. The number of thiocarbonyl (C=S) groups is 1. The van der Waals surface area contributed by atoms with Gasteiger partial charge in [0, 0.05) is 37.7 Å². The average molecular weight is 403 g/mol. The van der Waals surface area contributed by atoms with Crippen LogP contribution in [0, 0.1) is 0 Å². The molecule has 0 bridgehead atoms. The fourth-order valence-corrected chi connectivity index (χ4v) is 3.70. The summed E-state index contributed by atoms with van der Waals surface area (Å²) in [5, 5.41) is 7.97. The van der Waals surface area contributed by atoms with Gasteiger partial charge in [-0.25, -0.2) is 0 Å². The molecule has 0 aliphatic carbocycles. The van der Waals surface area contributed by atoms with Crippen LogP contribution < -0.4 is 15.5 Å². The van der Waals surface area contributed by atoms with E-state index in [1.807, 2.05) is 18.2 Å². The molecule has 0 radical (unpaired) electrons. The molecule has 4 nitrogen and oxygen atoms in total. The second kappa shape index (κ2) is 9.93. The Morgan fingerprint density at radius 3 is 2.52 bits per heavy atom. The Hall–Kier alpha value is -1.82. The van der Waals surface area contributed by atoms with Crippen molar-refractivity contribution >= 4 is 40.3 Å². The average Bonchev–Trinajstić information content (AvgIpc) is 2.69. The molecule has 0 aromatic heterocycles. The molecule has 1 aliphatic rings. The molecular formula is C21H27ClN4S. The van der Waals surface area contributed by atoms with E-state index in [0.717, 1.165) is 57.1 Å². The van der Waals surface area contributed by atoms with E-state index >= 15 is 0 Å². The van der Waals surface area contributed by atoms with E-state index in [9.17, 15) is 0 Å². The zero-order chi connectivity index (χ0) is 19.1. The van der Waals surface area contributed by atoms with Crippen LogP contribution in [0.5, 0.6) is 0 Å². The highest BCUT2D eigenvalue weighted by atomic mass is 35.5. The zero-order valence-electron chi connectivity index (χ0n) is 15.7. The first-order chi connectivity index (χ1) is 13.2. The molecule has 144 valence electrons. The lowest BCUT2D eigenvalue weighted by atomic mass is 10.1. The number of hydrogen-bond donors (Lipinski definition) is 2. The number of anilines is 2. The number of piperazine rings is 1. The van der Waals surface area contributed by atoms with E-state index in [-0.39, 0.29) is 0 Å². The Balaban J connectivity index is 1.58. The maximum absolute atomic E-state index is 6.24. The summed E-state index contributed by atoms with van der Waals surface area (Å²) >= 11 is 11.7. The molecule has 0 unspecified atom stereocenters. The standard InChI is InChI=1S/C21H27ClN4S/c1-2-25-12-14-26(15-13-25)20-9-8-18(22)16-19(20)24-21(27)23-11-10-17-6-4-3-5-7-17/h3-9,16H,2,10-15H2,1H3,(H2,23,24,27). The maximum atomic E-state index is 6.24. The lowest BCUT2D eigenvalue weighted by Crippen LogP contribution is -2.46. The van der Waals surface area contributed by atoms with Crippen LogP contribution in [0.25, 0.3) is 0 Å². The molecule has 0 amide bonds. The summed E-state index contributed by atoms with van der Waals surface area (Å²) in [5.74, 6) is 0. The Kier molecular flexibility index (Phi) is 7.33. The summed E-state index contributed by atoms with van der Waals surface area (Å²) in [4.78, 5) is 4.87. The van der Waals surface area contributed by atoms with Crippen LogP contribution in [-0.4, -0.2) is 49.3 Å². The fraction of sp³-hybridized carbons (Fsp3) is 0.381. The van der Waals surface area contributed by atoms with E-state index in [1.165, 1.54) is 5.56 Å². The van der Waals surface area contributed by atoms with Gasteiger partial charge in [-0.2, -0.15) is 0 Å². The lowest BCUT2D eigenvalue weighted by Gasteiger charge is -2.36. The number of nitrogens with zero attached hydrogens (tertiary/aromatic N) is 2. The fourth-order valence-electron chi connectivity index (χ4n) is 3.32. The summed E-state index contributed by atoms with van der Waals surface area (Å²) in [6.07, 6.45) is 0.935. The van der Waals surface area contributed by atoms with E-state index in [2.05, 4.69) is 57.7 Å². The second-order valence-electron chi connectivity index (χ2n) is 6.70. The minimum atomic E-state index is 0.627. The minimum Gasteiger partial charge on any atom is -0.367 e. The largest absolute Gasteiger partial charge is 0.367 e. The van der Waals surface area contributed by atoms with Crippen molar-refractivity contribution in [1.29, 1.82) is 0 Å². The Morgan fingerprint density at radius 1 is 1.07 bits per heavy atom.